The van der Waals surface area contributed by atoms with Crippen LogP contribution in [0.15, 0.2) is 65.4 Å². The molecule has 150 valence electrons. The van der Waals surface area contributed by atoms with Crippen molar-refractivity contribution in [2.24, 2.45) is 0 Å². The fourth-order valence-electron chi connectivity index (χ4n) is 3.18. The van der Waals surface area contributed by atoms with Crippen molar-refractivity contribution < 1.29 is 9.53 Å². The maximum atomic E-state index is 11.9. The van der Waals surface area contributed by atoms with Gasteiger partial charge in [-0.15, -0.1) is 13.2 Å². The highest BCUT2D eigenvalue weighted by atomic mass is 32.2. The Labute approximate surface area is 173 Å². The van der Waals surface area contributed by atoms with Crippen molar-refractivity contribution in [3.8, 4) is 0 Å². The first-order valence-corrected chi connectivity index (χ1v) is 10.4. The lowest BCUT2D eigenvalue weighted by molar-refractivity contribution is 0.105. The number of piperazine rings is 1. The molecular formula is C23H30N2O2S. The molecule has 1 saturated heterocycles. The first-order valence-electron chi connectivity index (χ1n) is 9.59. The van der Waals surface area contributed by atoms with Gasteiger partial charge in [0.05, 0.1) is 12.3 Å². The molecule has 4 nitrogen and oxygen atoms in total. The van der Waals surface area contributed by atoms with Crippen molar-refractivity contribution in [2.75, 3.05) is 37.7 Å². The van der Waals surface area contributed by atoms with Crippen LogP contribution in [0.25, 0.3) is 0 Å². The van der Waals surface area contributed by atoms with Crippen LogP contribution in [0.1, 0.15) is 18.1 Å². The molecule has 2 aromatic rings. The van der Waals surface area contributed by atoms with Gasteiger partial charge in [0, 0.05) is 36.0 Å². The highest BCUT2D eigenvalue weighted by molar-refractivity contribution is 7.99. The van der Waals surface area contributed by atoms with E-state index in [1.807, 2.05) is 18.7 Å². The fraction of sp³-hybridized carbons (Fsp3) is 0.348. The Morgan fingerprint density at radius 3 is 2.36 bits per heavy atom. The van der Waals surface area contributed by atoms with E-state index in [0.29, 0.717) is 19.7 Å². The first kappa shape index (κ1) is 21.9. The molecule has 0 saturated carbocycles. The van der Waals surface area contributed by atoms with Gasteiger partial charge in [0.25, 0.3) is 0 Å². The molecule has 1 heterocycles. The van der Waals surface area contributed by atoms with Crippen molar-refractivity contribution in [3.05, 3.63) is 66.7 Å². The van der Waals surface area contributed by atoms with E-state index in [2.05, 4.69) is 74.4 Å². The van der Waals surface area contributed by atoms with Crippen LogP contribution in [-0.2, 0) is 4.74 Å². The Morgan fingerprint density at radius 2 is 1.71 bits per heavy atom. The number of hydrogen-bond donors (Lipinski definition) is 0. The molecule has 1 amide bonds. The van der Waals surface area contributed by atoms with Gasteiger partial charge >= 0.3 is 6.09 Å². The zero-order valence-corrected chi connectivity index (χ0v) is 17.9. The second kappa shape index (κ2) is 10.8. The quantitative estimate of drug-likeness (QED) is 0.634. The Hall–Kier alpha value is -2.40. The van der Waals surface area contributed by atoms with Crippen LogP contribution >= 0.6 is 11.8 Å². The molecule has 1 aliphatic heterocycles. The molecule has 1 fully saturated rings. The first-order chi connectivity index (χ1) is 13.6. The number of hydrogen-bond acceptors (Lipinski definition) is 4. The summed E-state index contributed by atoms with van der Waals surface area (Å²) < 4.78 is 5.11. The molecule has 0 atom stereocenters. The molecule has 0 aliphatic carbocycles. The normalized spacial score (nSPS) is 13.5. The van der Waals surface area contributed by atoms with Gasteiger partial charge in [-0.25, -0.2) is 4.79 Å². The molecule has 0 N–H and O–H groups in total. The Balaban J connectivity index is 0.00000136. The van der Waals surface area contributed by atoms with Crippen LogP contribution in [0.3, 0.4) is 0 Å². The van der Waals surface area contributed by atoms with Crippen LogP contribution in [0.4, 0.5) is 10.5 Å². The molecule has 3 rings (SSSR count). The molecule has 0 unspecified atom stereocenters. The fourth-order valence-corrected chi connectivity index (χ4v) is 4.22. The number of para-hydroxylation sites is 1. The summed E-state index contributed by atoms with van der Waals surface area (Å²) in [4.78, 5) is 18.6. The molecule has 0 spiro atoms. The lowest BCUT2D eigenvalue weighted by Gasteiger charge is -2.36. The number of benzene rings is 2. The Bertz CT molecular complexity index is 786. The third-order valence-corrected chi connectivity index (χ3v) is 5.81. The van der Waals surface area contributed by atoms with Gasteiger partial charge in [-0.05, 0) is 44.5 Å². The topological polar surface area (TPSA) is 32.8 Å². The van der Waals surface area contributed by atoms with Gasteiger partial charge in [0.1, 0.15) is 0 Å². The Kier molecular flexibility index (Phi) is 8.45. The van der Waals surface area contributed by atoms with E-state index in [4.69, 9.17) is 4.74 Å². The number of carbonyl (C=O) groups excluding carboxylic acids is 1. The number of carbonyl (C=O) groups is 1. The van der Waals surface area contributed by atoms with E-state index >= 15 is 0 Å². The van der Waals surface area contributed by atoms with Gasteiger partial charge < -0.3 is 14.5 Å². The van der Waals surface area contributed by atoms with Crippen molar-refractivity contribution in [2.45, 2.75) is 30.6 Å². The van der Waals surface area contributed by atoms with E-state index in [1.165, 1.54) is 26.6 Å². The maximum absolute atomic E-state index is 11.9. The molecule has 28 heavy (non-hydrogen) atoms. The van der Waals surface area contributed by atoms with Crippen molar-refractivity contribution in [3.63, 3.8) is 0 Å². The minimum Gasteiger partial charge on any atom is -0.450 e. The molecule has 0 aromatic heterocycles. The second-order valence-corrected chi connectivity index (χ2v) is 7.60. The van der Waals surface area contributed by atoms with Crippen LogP contribution in [0.5, 0.6) is 0 Å². The molecule has 5 heteroatoms. The van der Waals surface area contributed by atoms with Crippen molar-refractivity contribution in [1.82, 2.24) is 4.90 Å². The van der Waals surface area contributed by atoms with Gasteiger partial charge in [-0.1, -0.05) is 41.6 Å². The molecular weight excluding hydrogens is 368 g/mol. The van der Waals surface area contributed by atoms with Crippen molar-refractivity contribution >= 4 is 23.5 Å². The lowest BCUT2D eigenvalue weighted by Crippen LogP contribution is -2.49. The molecule has 0 bridgehead atoms. The third kappa shape index (κ3) is 5.55. The summed E-state index contributed by atoms with van der Waals surface area (Å²) in [5, 5.41) is 0. The van der Waals surface area contributed by atoms with Crippen LogP contribution < -0.4 is 4.90 Å². The zero-order valence-electron chi connectivity index (χ0n) is 17.1. The third-order valence-electron chi connectivity index (χ3n) is 4.56. The summed E-state index contributed by atoms with van der Waals surface area (Å²) in [7, 11) is 0. The van der Waals surface area contributed by atoms with Gasteiger partial charge in [-0.2, -0.15) is 0 Å². The Morgan fingerprint density at radius 1 is 1.04 bits per heavy atom. The van der Waals surface area contributed by atoms with E-state index < -0.39 is 0 Å². The largest absolute Gasteiger partial charge is 0.450 e. The summed E-state index contributed by atoms with van der Waals surface area (Å²) in [5.41, 5.74) is 3.83. The number of ether oxygens (including phenoxy) is 1. The van der Waals surface area contributed by atoms with E-state index in [1.54, 1.807) is 4.90 Å². The zero-order chi connectivity index (χ0) is 20.5. The predicted octanol–water partition coefficient (Wildman–Crippen LogP) is 5.54. The highest BCUT2D eigenvalue weighted by Crippen LogP contribution is 2.37. The van der Waals surface area contributed by atoms with Gasteiger partial charge in [0.15, 0.2) is 0 Å². The smallest absolute Gasteiger partial charge is 0.409 e. The van der Waals surface area contributed by atoms with Gasteiger partial charge in [0.2, 0.25) is 0 Å². The number of nitrogens with zero attached hydrogens (tertiary/aromatic N) is 2. The molecule has 0 radical (unpaired) electrons. The number of amides is 1. The number of rotatable bonds is 4. The van der Waals surface area contributed by atoms with Crippen molar-refractivity contribution in [1.29, 1.82) is 0 Å². The highest BCUT2D eigenvalue weighted by Gasteiger charge is 2.23. The standard InChI is InChI=1S/C21H26N2O2S.C2H4/c1-4-25-21(24)23-13-11-22(12-14-23)18-7-5-6-8-20(18)26-19-10-9-16(2)15-17(19)3;1-2/h5-10,15H,4,11-14H2,1-3H3;1-2H2. The lowest BCUT2D eigenvalue weighted by atomic mass is 10.2. The molecule has 1 aliphatic rings. The van der Waals surface area contributed by atoms with Crippen LogP contribution in [0, 0.1) is 13.8 Å². The van der Waals surface area contributed by atoms with E-state index in [0.717, 1.165) is 13.1 Å². The summed E-state index contributed by atoms with van der Waals surface area (Å²) in [5.74, 6) is 0. The molecule has 2 aromatic carbocycles. The average Bonchev–Trinajstić information content (AvgIpc) is 2.72. The van der Waals surface area contributed by atoms with Gasteiger partial charge in [-0.3, -0.25) is 0 Å². The summed E-state index contributed by atoms with van der Waals surface area (Å²) in [6.45, 7) is 15.6. The summed E-state index contributed by atoms with van der Waals surface area (Å²) in [6.07, 6.45) is -0.204. The number of anilines is 1. The maximum Gasteiger partial charge on any atom is 0.409 e. The van der Waals surface area contributed by atoms with E-state index in [9.17, 15) is 4.79 Å². The SMILES string of the molecule is C=C.CCOC(=O)N1CCN(c2ccccc2Sc2ccc(C)cc2C)CC1. The predicted molar refractivity (Wildman–Crippen MR) is 119 cm³/mol. The summed E-state index contributed by atoms with van der Waals surface area (Å²) >= 11 is 1.81. The second-order valence-electron chi connectivity index (χ2n) is 6.51. The minimum absolute atomic E-state index is 0.204. The van der Waals surface area contributed by atoms with Crippen LogP contribution in [0.2, 0.25) is 0 Å². The van der Waals surface area contributed by atoms with Crippen LogP contribution in [-0.4, -0.2) is 43.8 Å². The average molecular weight is 399 g/mol. The summed E-state index contributed by atoms with van der Waals surface area (Å²) in [6, 6.07) is 15.1. The number of aryl methyl sites for hydroxylation is 2. The minimum atomic E-state index is -0.204. The van der Waals surface area contributed by atoms with E-state index in [-0.39, 0.29) is 6.09 Å². The monoisotopic (exact) mass is 398 g/mol.